The van der Waals surface area contributed by atoms with Crippen molar-refractivity contribution in [2.45, 2.75) is 38.5 Å². The number of esters is 1. The predicted molar refractivity (Wildman–Crippen MR) is 100 cm³/mol. The molecule has 0 heterocycles. The predicted octanol–water partition coefficient (Wildman–Crippen LogP) is 5.66. The van der Waals surface area contributed by atoms with Gasteiger partial charge < -0.3 is 4.74 Å². The van der Waals surface area contributed by atoms with Crippen LogP contribution in [0.3, 0.4) is 0 Å². The molecule has 0 saturated carbocycles. The molecule has 0 aliphatic rings. The van der Waals surface area contributed by atoms with Crippen molar-refractivity contribution in [1.82, 2.24) is 0 Å². The maximum atomic E-state index is 11.1. The number of aryl methyl sites for hydroxylation is 1. The van der Waals surface area contributed by atoms with Crippen LogP contribution < -0.4 is 0 Å². The number of fused-ring (bicyclic) bond motifs is 2. The van der Waals surface area contributed by atoms with Gasteiger partial charge in [0, 0.05) is 6.42 Å². The van der Waals surface area contributed by atoms with Gasteiger partial charge in [-0.15, -0.1) is 0 Å². The molecule has 24 heavy (non-hydrogen) atoms. The van der Waals surface area contributed by atoms with Crippen molar-refractivity contribution in [3.63, 3.8) is 0 Å². The number of ether oxygens (including phenoxy) is 1. The summed E-state index contributed by atoms with van der Waals surface area (Å²) in [6.07, 6.45) is 5.98. The molecule has 2 heteroatoms. The van der Waals surface area contributed by atoms with E-state index in [0.717, 1.165) is 25.7 Å². The van der Waals surface area contributed by atoms with Gasteiger partial charge in [-0.25, -0.2) is 0 Å². The Kier molecular flexibility index (Phi) is 5.47. The molecule has 0 atom stereocenters. The van der Waals surface area contributed by atoms with Crippen LogP contribution >= 0.6 is 0 Å². The average Bonchev–Trinajstić information content (AvgIpc) is 2.62. The fourth-order valence-electron chi connectivity index (χ4n) is 3.20. The number of unbranched alkanes of at least 4 members (excludes halogenated alkanes) is 3. The summed E-state index contributed by atoms with van der Waals surface area (Å²) in [5.41, 5.74) is 1.39. The third-order valence-electron chi connectivity index (χ3n) is 4.59. The number of carbonyl (C=O) groups excluding carboxylic acids is 1. The van der Waals surface area contributed by atoms with E-state index in [9.17, 15) is 4.79 Å². The van der Waals surface area contributed by atoms with Gasteiger partial charge in [0.2, 0.25) is 0 Å². The molecular weight excluding hydrogens is 296 g/mol. The highest BCUT2D eigenvalue weighted by Crippen LogP contribution is 2.24. The summed E-state index contributed by atoms with van der Waals surface area (Å²) >= 11 is 0. The first-order valence-corrected chi connectivity index (χ1v) is 8.74. The van der Waals surface area contributed by atoms with Crippen LogP contribution in [0.25, 0.3) is 21.5 Å². The second kappa shape index (κ2) is 7.96. The van der Waals surface area contributed by atoms with Crippen molar-refractivity contribution >= 4 is 27.5 Å². The minimum atomic E-state index is -0.100. The van der Waals surface area contributed by atoms with E-state index in [1.54, 1.807) is 0 Å². The number of carbonyl (C=O) groups is 1. The van der Waals surface area contributed by atoms with Gasteiger partial charge in [0.25, 0.3) is 0 Å². The van der Waals surface area contributed by atoms with Crippen molar-refractivity contribution in [2.24, 2.45) is 0 Å². The zero-order chi connectivity index (χ0) is 16.8. The third-order valence-corrected chi connectivity index (χ3v) is 4.59. The minimum absolute atomic E-state index is 0.100. The third kappa shape index (κ3) is 4.14. The summed E-state index contributed by atoms with van der Waals surface area (Å²) < 4.78 is 4.66. The standard InChI is InChI=1S/C22H24O2/c1-24-22(23)11-5-3-2-4-8-17-12-13-20-15-18-9-6-7-10-19(18)16-21(20)14-17/h6-7,9-10,12-16H,2-5,8,11H2,1H3. The molecule has 0 unspecified atom stereocenters. The van der Waals surface area contributed by atoms with Crippen molar-refractivity contribution in [3.05, 3.63) is 60.2 Å². The Hall–Kier alpha value is -2.35. The van der Waals surface area contributed by atoms with E-state index >= 15 is 0 Å². The lowest BCUT2D eigenvalue weighted by Crippen LogP contribution is -1.99. The Balaban J connectivity index is 1.57. The lowest BCUT2D eigenvalue weighted by molar-refractivity contribution is -0.140. The van der Waals surface area contributed by atoms with Crippen molar-refractivity contribution in [3.8, 4) is 0 Å². The highest BCUT2D eigenvalue weighted by Gasteiger charge is 2.02. The second-order valence-electron chi connectivity index (χ2n) is 6.37. The second-order valence-corrected chi connectivity index (χ2v) is 6.37. The van der Waals surface area contributed by atoms with Gasteiger partial charge in [-0.3, -0.25) is 4.79 Å². The molecule has 0 aromatic heterocycles. The molecule has 0 spiro atoms. The Morgan fingerprint density at radius 1 is 0.792 bits per heavy atom. The Bertz CT molecular complexity index is 836. The Morgan fingerprint density at radius 3 is 2.21 bits per heavy atom. The normalized spacial score (nSPS) is 11.0. The summed E-state index contributed by atoms with van der Waals surface area (Å²) in [6.45, 7) is 0. The van der Waals surface area contributed by atoms with Crippen molar-refractivity contribution in [1.29, 1.82) is 0 Å². The fourth-order valence-corrected chi connectivity index (χ4v) is 3.20. The van der Waals surface area contributed by atoms with Crippen molar-refractivity contribution < 1.29 is 9.53 Å². The smallest absolute Gasteiger partial charge is 0.305 e. The highest BCUT2D eigenvalue weighted by atomic mass is 16.5. The largest absolute Gasteiger partial charge is 0.469 e. The molecule has 3 aromatic rings. The minimum Gasteiger partial charge on any atom is -0.469 e. The molecule has 0 radical (unpaired) electrons. The number of methoxy groups -OCH3 is 1. The quantitative estimate of drug-likeness (QED) is 0.319. The van der Waals surface area contributed by atoms with Gasteiger partial charge in [-0.2, -0.15) is 0 Å². The number of rotatable bonds is 7. The molecule has 0 aliphatic heterocycles. The van der Waals surface area contributed by atoms with Gasteiger partial charge in [0.15, 0.2) is 0 Å². The summed E-state index contributed by atoms with van der Waals surface area (Å²) in [6, 6.07) is 19.8. The number of benzene rings is 3. The van der Waals surface area contributed by atoms with E-state index in [2.05, 4.69) is 59.3 Å². The first-order chi connectivity index (χ1) is 11.8. The van der Waals surface area contributed by atoms with Crippen LogP contribution in [0.1, 0.15) is 37.7 Å². The first kappa shape index (κ1) is 16.5. The molecule has 2 nitrogen and oxygen atoms in total. The molecule has 0 fully saturated rings. The van der Waals surface area contributed by atoms with Gasteiger partial charge in [0.1, 0.15) is 0 Å². The molecule has 0 saturated heterocycles. The Labute approximate surface area is 143 Å². The highest BCUT2D eigenvalue weighted by molar-refractivity contribution is 5.98. The molecular formula is C22H24O2. The molecule has 3 aromatic carbocycles. The summed E-state index contributed by atoms with van der Waals surface area (Å²) in [4.78, 5) is 11.1. The molecule has 0 amide bonds. The van der Waals surface area contributed by atoms with E-state index < -0.39 is 0 Å². The maximum Gasteiger partial charge on any atom is 0.305 e. The summed E-state index contributed by atoms with van der Waals surface area (Å²) in [5.74, 6) is -0.100. The lowest BCUT2D eigenvalue weighted by Gasteiger charge is -2.06. The van der Waals surface area contributed by atoms with Crippen LogP contribution in [-0.2, 0) is 16.0 Å². The van der Waals surface area contributed by atoms with E-state index in [4.69, 9.17) is 0 Å². The van der Waals surface area contributed by atoms with E-state index in [0.29, 0.717) is 6.42 Å². The fraction of sp³-hybridized carbons (Fsp3) is 0.318. The van der Waals surface area contributed by atoms with Crippen LogP contribution in [0, 0.1) is 0 Å². The van der Waals surface area contributed by atoms with Crippen LogP contribution in [-0.4, -0.2) is 13.1 Å². The van der Waals surface area contributed by atoms with E-state index in [-0.39, 0.29) is 5.97 Å². The monoisotopic (exact) mass is 320 g/mol. The van der Waals surface area contributed by atoms with Crippen LogP contribution in [0.2, 0.25) is 0 Å². The summed E-state index contributed by atoms with van der Waals surface area (Å²) in [5, 5.41) is 5.21. The van der Waals surface area contributed by atoms with Gasteiger partial charge in [-0.1, -0.05) is 55.3 Å². The van der Waals surface area contributed by atoms with Crippen molar-refractivity contribution in [2.75, 3.05) is 7.11 Å². The van der Waals surface area contributed by atoms with Gasteiger partial charge in [-0.05, 0) is 58.5 Å². The van der Waals surface area contributed by atoms with E-state index in [1.165, 1.54) is 40.6 Å². The van der Waals surface area contributed by atoms with Gasteiger partial charge >= 0.3 is 5.97 Å². The Morgan fingerprint density at radius 2 is 1.46 bits per heavy atom. The topological polar surface area (TPSA) is 26.3 Å². The molecule has 0 bridgehead atoms. The molecule has 124 valence electrons. The van der Waals surface area contributed by atoms with Gasteiger partial charge in [0.05, 0.1) is 7.11 Å². The molecule has 3 rings (SSSR count). The van der Waals surface area contributed by atoms with Crippen LogP contribution in [0.5, 0.6) is 0 Å². The zero-order valence-electron chi connectivity index (χ0n) is 14.3. The molecule has 0 N–H and O–H groups in total. The maximum absolute atomic E-state index is 11.1. The van der Waals surface area contributed by atoms with E-state index in [1.807, 2.05) is 0 Å². The SMILES string of the molecule is COC(=O)CCCCCCc1ccc2cc3ccccc3cc2c1. The molecule has 0 aliphatic carbocycles. The van der Waals surface area contributed by atoms with Crippen LogP contribution in [0.15, 0.2) is 54.6 Å². The zero-order valence-corrected chi connectivity index (χ0v) is 14.3. The average molecular weight is 320 g/mol. The number of hydrogen-bond acceptors (Lipinski definition) is 2. The number of hydrogen-bond donors (Lipinski definition) is 0. The first-order valence-electron chi connectivity index (χ1n) is 8.74. The summed E-state index contributed by atoms with van der Waals surface area (Å²) in [7, 11) is 1.45. The lowest BCUT2D eigenvalue weighted by atomic mass is 9.99. The van der Waals surface area contributed by atoms with Crippen LogP contribution in [0.4, 0.5) is 0 Å².